The van der Waals surface area contributed by atoms with Crippen molar-refractivity contribution in [1.29, 1.82) is 5.26 Å². The third-order valence-electron chi connectivity index (χ3n) is 1.89. The lowest BCUT2D eigenvalue weighted by atomic mass is 10.2. The van der Waals surface area contributed by atoms with Crippen LogP contribution in [-0.4, -0.2) is 12.4 Å². The molecule has 0 amide bonds. The molecule has 1 aromatic rings. The Morgan fingerprint density at radius 1 is 1.53 bits per heavy atom. The van der Waals surface area contributed by atoms with Crippen molar-refractivity contribution in [1.82, 2.24) is 0 Å². The highest BCUT2D eigenvalue weighted by molar-refractivity contribution is 5.79. The number of benzene rings is 1. The lowest BCUT2D eigenvalue weighted by Gasteiger charge is -2.04. The van der Waals surface area contributed by atoms with Gasteiger partial charge in [0.25, 0.3) is 0 Å². The monoisotopic (exact) mass is 203 g/mol. The number of Topliss-reactive ketones (excluding diaryl/α,β-unsaturated/α-hetero) is 1. The van der Waals surface area contributed by atoms with Crippen molar-refractivity contribution >= 4 is 5.78 Å². The molecule has 78 valence electrons. The first kappa shape index (κ1) is 11.3. The zero-order valence-electron chi connectivity index (χ0n) is 8.69. The van der Waals surface area contributed by atoms with Gasteiger partial charge in [-0.3, -0.25) is 4.79 Å². The first-order valence-corrected chi connectivity index (χ1v) is 4.91. The summed E-state index contributed by atoms with van der Waals surface area (Å²) in [5, 5.41) is 8.65. The van der Waals surface area contributed by atoms with Gasteiger partial charge in [-0.2, -0.15) is 5.26 Å². The minimum atomic E-state index is 0.0832. The molecule has 15 heavy (non-hydrogen) atoms. The highest BCUT2D eigenvalue weighted by atomic mass is 16.5. The molecule has 3 nitrogen and oxygen atoms in total. The number of nitrogens with zero attached hydrogens (tertiary/aromatic N) is 1. The third-order valence-corrected chi connectivity index (χ3v) is 1.89. The summed E-state index contributed by atoms with van der Waals surface area (Å²) in [5.41, 5.74) is 0.537. The van der Waals surface area contributed by atoms with Crippen molar-refractivity contribution in [3.63, 3.8) is 0 Å². The van der Waals surface area contributed by atoms with E-state index in [-0.39, 0.29) is 12.4 Å². The Morgan fingerprint density at radius 3 is 3.00 bits per heavy atom. The molecule has 0 heterocycles. The summed E-state index contributed by atoms with van der Waals surface area (Å²) in [4.78, 5) is 11.2. The number of hydrogen-bond donors (Lipinski definition) is 0. The van der Waals surface area contributed by atoms with E-state index in [1.165, 1.54) is 0 Å². The van der Waals surface area contributed by atoms with E-state index >= 15 is 0 Å². The van der Waals surface area contributed by atoms with Crippen LogP contribution in [-0.2, 0) is 4.79 Å². The number of carbonyl (C=O) groups excluding carboxylic acids is 1. The third kappa shape index (κ3) is 3.82. The van der Waals surface area contributed by atoms with Gasteiger partial charge in [-0.1, -0.05) is 13.0 Å². The van der Waals surface area contributed by atoms with Crippen molar-refractivity contribution in [2.24, 2.45) is 0 Å². The van der Waals surface area contributed by atoms with E-state index in [0.717, 1.165) is 6.42 Å². The maximum absolute atomic E-state index is 11.2. The van der Waals surface area contributed by atoms with Gasteiger partial charge in [-0.05, 0) is 24.6 Å². The summed E-state index contributed by atoms with van der Waals surface area (Å²) in [7, 11) is 0. The summed E-state index contributed by atoms with van der Waals surface area (Å²) in [5.74, 6) is 0.651. The lowest BCUT2D eigenvalue weighted by molar-refractivity contribution is -0.121. The predicted octanol–water partition coefficient (Wildman–Crippen LogP) is 2.31. The van der Waals surface area contributed by atoms with E-state index < -0.39 is 0 Å². The van der Waals surface area contributed by atoms with Gasteiger partial charge >= 0.3 is 0 Å². The van der Waals surface area contributed by atoms with E-state index in [0.29, 0.717) is 17.7 Å². The van der Waals surface area contributed by atoms with Crippen molar-refractivity contribution < 1.29 is 9.53 Å². The number of ketones is 1. The van der Waals surface area contributed by atoms with Crippen LogP contribution in [0.15, 0.2) is 24.3 Å². The molecule has 0 N–H and O–H groups in total. The number of ether oxygens (including phenoxy) is 1. The SMILES string of the molecule is CCCC(=O)COc1cccc(C#N)c1. The average molecular weight is 203 g/mol. The fraction of sp³-hybridized carbons (Fsp3) is 0.333. The Hall–Kier alpha value is -1.82. The van der Waals surface area contributed by atoms with E-state index in [2.05, 4.69) is 0 Å². The molecule has 0 aromatic heterocycles. The van der Waals surface area contributed by atoms with E-state index in [1.54, 1.807) is 24.3 Å². The molecule has 1 rings (SSSR count). The molecule has 0 spiro atoms. The van der Waals surface area contributed by atoms with Crippen LogP contribution in [0.25, 0.3) is 0 Å². The Bertz CT molecular complexity index is 379. The zero-order valence-corrected chi connectivity index (χ0v) is 8.69. The number of rotatable bonds is 5. The van der Waals surface area contributed by atoms with Crippen LogP contribution in [0.1, 0.15) is 25.3 Å². The predicted molar refractivity (Wildman–Crippen MR) is 56.6 cm³/mol. The molecular formula is C12H13NO2. The van der Waals surface area contributed by atoms with Crippen molar-refractivity contribution in [2.75, 3.05) is 6.61 Å². The number of carbonyl (C=O) groups is 1. The molecule has 0 unspecified atom stereocenters. The normalized spacial score (nSPS) is 9.33. The van der Waals surface area contributed by atoms with Gasteiger partial charge < -0.3 is 4.74 Å². The summed E-state index contributed by atoms with van der Waals surface area (Å²) in [6.45, 7) is 2.04. The summed E-state index contributed by atoms with van der Waals surface area (Å²) in [6, 6.07) is 8.81. The Kier molecular flexibility index (Phi) is 4.36. The van der Waals surface area contributed by atoms with Gasteiger partial charge in [0.15, 0.2) is 5.78 Å². The van der Waals surface area contributed by atoms with E-state index in [4.69, 9.17) is 10.00 Å². The number of hydrogen-bond acceptors (Lipinski definition) is 3. The molecule has 0 bridgehead atoms. The first-order chi connectivity index (χ1) is 7.26. The second kappa shape index (κ2) is 5.82. The van der Waals surface area contributed by atoms with E-state index in [1.807, 2.05) is 13.0 Å². The van der Waals surface area contributed by atoms with Gasteiger partial charge in [0.05, 0.1) is 11.6 Å². The summed E-state index contributed by atoms with van der Waals surface area (Å²) >= 11 is 0. The second-order valence-corrected chi connectivity index (χ2v) is 3.22. The van der Waals surface area contributed by atoms with Gasteiger partial charge in [0.2, 0.25) is 0 Å². The minimum absolute atomic E-state index is 0.0832. The fourth-order valence-electron chi connectivity index (χ4n) is 1.17. The van der Waals surface area contributed by atoms with Crippen LogP contribution in [0.2, 0.25) is 0 Å². The Labute approximate surface area is 89.3 Å². The first-order valence-electron chi connectivity index (χ1n) is 4.91. The van der Waals surface area contributed by atoms with Gasteiger partial charge in [0, 0.05) is 6.42 Å². The molecule has 0 aliphatic rings. The van der Waals surface area contributed by atoms with Gasteiger partial charge in [-0.15, -0.1) is 0 Å². The van der Waals surface area contributed by atoms with Crippen LogP contribution in [0.3, 0.4) is 0 Å². The maximum atomic E-state index is 11.2. The van der Waals surface area contributed by atoms with Crippen molar-refractivity contribution in [2.45, 2.75) is 19.8 Å². The highest BCUT2D eigenvalue weighted by Crippen LogP contribution is 2.12. The molecule has 3 heteroatoms. The van der Waals surface area contributed by atoms with Gasteiger partial charge in [0.1, 0.15) is 12.4 Å². The molecule has 0 saturated carbocycles. The zero-order chi connectivity index (χ0) is 11.1. The molecule has 0 fully saturated rings. The van der Waals surface area contributed by atoms with E-state index in [9.17, 15) is 4.79 Å². The van der Waals surface area contributed by atoms with Crippen molar-refractivity contribution in [3.8, 4) is 11.8 Å². The van der Waals surface area contributed by atoms with Crippen LogP contribution in [0.5, 0.6) is 5.75 Å². The molecule has 1 aromatic carbocycles. The van der Waals surface area contributed by atoms with Gasteiger partial charge in [-0.25, -0.2) is 0 Å². The lowest BCUT2D eigenvalue weighted by Crippen LogP contribution is -2.10. The molecule has 0 aliphatic carbocycles. The second-order valence-electron chi connectivity index (χ2n) is 3.22. The maximum Gasteiger partial charge on any atom is 0.170 e. The molecule has 0 atom stereocenters. The quantitative estimate of drug-likeness (QED) is 0.737. The number of nitriles is 1. The largest absolute Gasteiger partial charge is 0.486 e. The summed E-state index contributed by atoms with van der Waals surface area (Å²) in [6.07, 6.45) is 1.37. The average Bonchev–Trinajstić information content (AvgIpc) is 2.27. The van der Waals surface area contributed by atoms with Crippen LogP contribution in [0.4, 0.5) is 0 Å². The molecule has 0 saturated heterocycles. The van der Waals surface area contributed by atoms with Crippen LogP contribution in [0, 0.1) is 11.3 Å². The standard InChI is InChI=1S/C12H13NO2/c1-2-4-11(14)9-15-12-6-3-5-10(7-12)8-13/h3,5-7H,2,4,9H2,1H3. The Balaban J connectivity index is 2.51. The van der Waals surface area contributed by atoms with Crippen LogP contribution < -0.4 is 4.74 Å². The molecule has 0 aliphatic heterocycles. The molecular weight excluding hydrogens is 190 g/mol. The van der Waals surface area contributed by atoms with Crippen molar-refractivity contribution in [3.05, 3.63) is 29.8 Å². The molecule has 0 radical (unpaired) electrons. The minimum Gasteiger partial charge on any atom is -0.486 e. The smallest absolute Gasteiger partial charge is 0.170 e. The highest BCUT2D eigenvalue weighted by Gasteiger charge is 2.01. The topological polar surface area (TPSA) is 50.1 Å². The Morgan fingerprint density at radius 2 is 2.33 bits per heavy atom. The summed E-state index contributed by atoms with van der Waals surface area (Å²) < 4.78 is 5.26. The van der Waals surface area contributed by atoms with Crippen LogP contribution >= 0.6 is 0 Å². The fourth-order valence-corrected chi connectivity index (χ4v) is 1.17.